The second-order valence-electron chi connectivity index (χ2n) is 8.44. The topological polar surface area (TPSA) is 92.1 Å². The van der Waals surface area contributed by atoms with Crippen molar-refractivity contribution in [2.24, 2.45) is 0 Å². The van der Waals surface area contributed by atoms with Crippen LogP contribution < -0.4 is 10.6 Å². The van der Waals surface area contributed by atoms with Crippen LogP contribution in [0.3, 0.4) is 0 Å². The average molecular weight is 446 g/mol. The van der Waals surface area contributed by atoms with E-state index in [4.69, 9.17) is 11.6 Å². The van der Waals surface area contributed by atoms with Gasteiger partial charge in [-0.25, -0.2) is 14.4 Å². The summed E-state index contributed by atoms with van der Waals surface area (Å²) in [5.41, 5.74) is 0.121. The Balaban J connectivity index is 1.63. The van der Waals surface area contributed by atoms with Gasteiger partial charge in [0.2, 0.25) is 0 Å². The van der Waals surface area contributed by atoms with Crippen LogP contribution in [0.4, 0.5) is 10.1 Å². The molecule has 7 nitrogen and oxygen atoms in total. The maximum absolute atomic E-state index is 14.1. The highest BCUT2D eigenvalue weighted by Gasteiger charge is 2.28. The summed E-state index contributed by atoms with van der Waals surface area (Å²) in [6.07, 6.45) is 6.50. The molecule has 1 aliphatic rings. The number of carbonyl (C=O) groups is 1. The van der Waals surface area contributed by atoms with Gasteiger partial charge < -0.3 is 15.7 Å². The lowest BCUT2D eigenvalue weighted by molar-refractivity contribution is -0.00177. The summed E-state index contributed by atoms with van der Waals surface area (Å²) in [5, 5.41) is 17.2. The van der Waals surface area contributed by atoms with Gasteiger partial charge in [-0.15, -0.1) is 0 Å². The van der Waals surface area contributed by atoms with E-state index in [1.54, 1.807) is 12.3 Å². The third-order valence-electron chi connectivity index (χ3n) is 5.55. The smallest absolute Gasteiger partial charge is 0.255 e. The van der Waals surface area contributed by atoms with Gasteiger partial charge >= 0.3 is 0 Å². The number of alkyl halides is 1. The van der Waals surface area contributed by atoms with Crippen LogP contribution in [0.5, 0.6) is 0 Å². The number of fused-ring (bicyclic) bond motifs is 1. The second kappa shape index (κ2) is 8.43. The zero-order valence-corrected chi connectivity index (χ0v) is 18.2. The van der Waals surface area contributed by atoms with Crippen molar-refractivity contribution in [2.45, 2.75) is 50.9 Å². The van der Waals surface area contributed by atoms with Crippen LogP contribution in [0, 0.1) is 0 Å². The molecule has 1 atom stereocenters. The number of nitrogens with one attached hydrogen (secondary N) is 2. The lowest BCUT2D eigenvalue weighted by atomic mass is 9.92. The van der Waals surface area contributed by atoms with Gasteiger partial charge in [0.25, 0.3) is 5.91 Å². The first kappa shape index (κ1) is 21.5. The van der Waals surface area contributed by atoms with Gasteiger partial charge in [-0.1, -0.05) is 11.6 Å². The molecule has 0 unspecified atom stereocenters. The highest BCUT2D eigenvalue weighted by molar-refractivity contribution is 6.31. The monoisotopic (exact) mass is 445 g/mol. The van der Waals surface area contributed by atoms with Crippen molar-refractivity contribution in [3.63, 3.8) is 0 Å². The van der Waals surface area contributed by atoms with Crippen LogP contribution in [0.2, 0.25) is 5.02 Å². The van der Waals surface area contributed by atoms with E-state index in [2.05, 4.69) is 20.6 Å². The van der Waals surface area contributed by atoms with Gasteiger partial charge in [-0.05, 0) is 45.2 Å². The van der Waals surface area contributed by atoms with Crippen molar-refractivity contribution < 1.29 is 14.3 Å². The molecule has 1 amide bonds. The van der Waals surface area contributed by atoms with Crippen LogP contribution >= 0.6 is 11.6 Å². The number of halogens is 2. The van der Waals surface area contributed by atoms with Crippen LogP contribution in [-0.2, 0) is 0 Å². The molecule has 0 saturated heterocycles. The maximum atomic E-state index is 14.1. The van der Waals surface area contributed by atoms with Gasteiger partial charge in [-0.2, -0.15) is 0 Å². The van der Waals surface area contributed by atoms with E-state index in [1.165, 1.54) is 20.0 Å². The summed E-state index contributed by atoms with van der Waals surface area (Å²) >= 11 is 6.03. The minimum absolute atomic E-state index is 0.283. The second-order valence-corrected chi connectivity index (χ2v) is 8.88. The Morgan fingerprint density at radius 1 is 1.35 bits per heavy atom. The molecule has 9 heteroatoms. The highest BCUT2D eigenvalue weighted by atomic mass is 35.5. The van der Waals surface area contributed by atoms with E-state index in [0.29, 0.717) is 27.7 Å². The molecular formula is C22H25ClFN5O2. The molecule has 1 fully saturated rings. The first-order chi connectivity index (χ1) is 14.7. The predicted octanol–water partition coefficient (Wildman–Crippen LogP) is 3.88. The summed E-state index contributed by atoms with van der Waals surface area (Å²) in [6, 6.07) is 5.80. The van der Waals surface area contributed by atoms with Crippen molar-refractivity contribution in [1.29, 1.82) is 0 Å². The Morgan fingerprint density at radius 2 is 2.13 bits per heavy atom. The average Bonchev–Trinajstić information content (AvgIpc) is 3.10. The number of amides is 1. The standard InChI is InChI=1S/C22H25ClFN5O2/c1-22(2,31)18(24)12-27-21(30)16-11-25-19(9-17(16)28-15-4-3-5-15)29-7-6-13-8-14(23)10-26-20(13)29/h6-11,15,18,31H,3-5,12H2,1-2H3,(H,25,28)(H,27,30)/t18-/m1/s1. The number of hydrogen-bond acceptors (Lipinski definition) is 5. The summed E-state index contributed by atoms with van der Waals surface area (Å²) < 4.78 is 15.9. The van der Waals surface area contributed by atoms with Crippen molar-refractivity contribution in [3.05, 3.63) is 47.4 Å². The maximum Gasteiger partial charge on any atom is 0.255 e. The van der Waals surface area contributed by atoms with Crippen LogP contribution in [0.15, 0.2) is 36.8 Å². The van der Waals surface area contributed by atoms with Crippen LogP contribution in [0.1, 0.15) is 43.5 Å². The van der Waals surface area contributed by atoms with Gasteiger partial charge in [-0.3, -0.25) is 9.36 Å². The molecule has 0 spiro atoms. The molecule has 0 aromatic carbocycles. The molecule has 0 aliphatic heterocycles. The minimum Gasteiger partial charge on any atom is -0.387 e. The van der Waals surface area contributed by atoms with Gasteiger partial charge in [0, 0.05) is 36.1 Å². The molecule has 3 aromatic heterocycles. The first-order valence-electron chi connectivity index (χ1n) is 10.3. The number of pyridine rings is 2. The summed E-state index contributed by atoms with van der Waals surface area (Å²) in [6.45, 7) is 2.44. The van der Waals surface area contributed by atoms with Crippen LogP contribution in [-0.4, -0.2) is 49.9 Å². The fourth-order valence-corrected chi connectivity index (χ4v) is 3.52. The fourth-order valence-electron chi connectivity index (χ4n) is 3.36. The molecule has 4 rings (SSSR count). The molecule has 3 aromatic rings. The molecular weight excluding hydrogens is 421 g/mol. The van der Waals surface area contributed by atoms with Crippen molar-refractivity contribution in [2.75, 3.05) is 11.9 Å². The third kappa shape index (κ3) is 4.65. The van der Waals surface area contributed by atoms with Crippen LogP contribution in [0.25, 0.3) is 16.9 Å². The van der Waals surface area contributed by atoms with Crippen molar-refractivity contribution in [1.82, 2.24) is 19.9 Å². The van der Waals surface area contributed by atoms with Gasteiger partial charge in [0.15, 0.2) is 0 Å². The Kier molecular flexibility index (Phi) is 5.85. The van der Waals surface area contributed by atoms with E-state index in [-0.39, 0.29) is 12.6 Å². The summed E-state index contributed by atoms with van der Waals surface area (Å²) in [4.78, 5) is 21.6. The first-order valence-corrected chi connectivity index (χ1v) is 10.6. The quantitative estimate of drug-likeness (QED) is 0.513. The highest BCUT2D eigenvalue weighted by Crippen LogP contribution is 2.28. The zero-order chi connectivity index (χ0) is 22.2. The number of aliphatic hydroxyl groups is 1. The van der Waals surface area contributed by atoms with Crippen molar-refractivity contribution in [3.8, 4) is 5.82 Å². The lowest BCUT2D eigenvalue weighted by Crippen LogP contribution is -2.42. The number of aromatic nitrogens is 3. The number of rotatable bonds is 7. The van der Waals surface area contributed by atoms with Gasteiger partial charge in [0.05, 0.1) is 28.4 Å². The molecule has 31 heavy (non-hydrogen) atoms. The Morgan fingerprint density at radius 3 is 2.81 bits per heavy atom. The molecule has 0 radical (unpaired) electrons. The van der Waals surface area contributed by atoms with E-state index >= 15 is 0 Å². The molecule has 1 aliphatic carbocycles. The largest absolute Gasteiger partial charge is 0.387 e. The Hall–Kier alpha value is -2.71. The molecule has 3 N–H and O–H groups in total. The van der Waals surface area contributed by atoms with E-state index in [9.17, 15) is 14.3 Å². The molecule has 1 saturated carbocycles. The van der Waals surface area contributed by atoms with Crippen molar-refractivity contribution >= 4 is 34.2 Å². The number of nitrogens with zero attached hydrogens (tertiary/aromatic N) is 3. The number of hydrogen-bond donors (Lipinski definition) is 3. The van der Waals surface area contributed by atoms with E-state index in [0.717, 1.165) is 24.6 Å². The minimum atomic E-state index is -1.59. The summed E-state index contributed by atoms with van der Waals surface area (Å²) in [7, 11) is 0. The fraction of sp³-hybridized carbons (Fsp3) is 0.409. The number of anilines is 1. The Labute approximate surface area is 184 Å². The van der Waals surface area contributed by atoms with E-state index < -0.39 is 17.7 Å². The SMILES string of the molecule is CC(C)(O)[C@H](F)CNC(=O)c1cnc(-n2ccc3cc(Cl)cnc32)cc1NC1CCC1. The normalized spacial score (nSPS) is 15.5. The zero-order valence-electron chi connectivity index (χ0n) is 17.4. The number of carbonyl (C=O) groups excluding carboxylic acids is 1. The lowest BCUT2D eigenvalue weighted by Gasteiger charge is -2.28. The summed E-state index contributed by atoms with van der Waals surface area (Å²) in [5.74, 6) is 0.151. The molecule has 3 heterocycles. The predicted molar refractivity (Wildman–Crippen MR) is 119 cm³/mol. The Bertz CT molecular complexity index is 1110. The van der Waals surface area contributed by atoms with Gasteiger partial charge in [0.1, 0.15) is 17.6 Å². The van der Waals surface area contributed by atoms with E-state index in [1.807, 2.05) is 22.9 Å². The molecule has 0 bridgehead atoms. The molecule has 164 valence electrons. The third-order valence-corrected chi connectivity index (χ3v) is 5.75.